The molecule has 0 aliphatic rings. The zero-order valence-electron chi connectivity index (χ0n) is 15.6. The molecule has 0 spiro atoms. The van der Waals surface area contributed by atoms with Crippen LogP contribution >= 0.6 is 0 Å². The molecule has 2 amide bonds. The number of rotatable bonds is 7. The molecule has 25 heavy (non-hydrogen) atoms. The first kappa shape index (κ1) is 18.8. The number of nitrogens with zero attached hydrogens (tertiary/aromatic N) is 1. The number of benzene rings is 2. The van der Waals surface area contributed by atoms with Gasteiger partial charge in [0, 0.05) is 13.1 Å². The SMILES string of the molecule is CCN(Cc1ccccc1)C(=O)NCCOc1c(C)ccc(C)c1C. The van der Waals surface area contributed by atoms with Crippen LogP contribution in [0.15, 0.2) is 42.5 Å². The van der Waals surface area contributed by atoms with Crippen molar-refractivity contribution in [3.8, 4) is 5.75 Å². The molecule has 0 fully saturated rings. The summed E-state index contributed by atoms with van der Waals surface area (Å²) in [5, 5.41) is 2.94. The molecule has 2 aromatic carbocycles. The van der Waals surface area contributed by atoms with E-state index in [-0.39, 0.29) is 6.03 Å². The fraction of sp³-hybridized carbons (Fsp3) is 0.381. The molecule has 134 valence electrons. The van der Waals surface area contributed by atoms with Crippen molar-refractivity contribution < 1.29 is 9.53 Å². The summed E-state index contributed by atoms with van der Waals surface area (Å²) in [5.41, 5.74) is 4.62. The lowest BCUT2D eigenvalue weighted by Gasteiger charge is -2.22. The average Bonchev–Trinajstić information content (AvgIpc) is 2.63. The second-order valence-corrected chi connectivity index (χ2v) is 6.23. The minimum atomic E-state index is -0.0624. The third-order valence-corrected chi connectivity index (χ3v) is 4.38. The number of aryl methyl sites for hydroxylation is 2. The Hall–Kier alpha value is -2.49. The maximum atomic E-state index is 12.3. The molecule has 0 aromatic heterocycles. The second kappa shape index (κ2) is 9.11. The van der Waals surface area contributed by atoms with Crippen LogP contribution in [0, 0.1) is 20.8 Å². The van der Waals surface area contributed by atoms with Crippen LogP contribution in [0.4, 0.5) is 4.79 Å². The Balaban J connectivity index is 1.82. The summed E-state index contributed by atoms with van der Waals surface area (Å²) in [6.07, 6.45) is 0. The van der Waals surface area contributed by atoms with Crippen molar-refractivity contribution in [3.63, 3.8) is 0 Å². The van der Waals surface area contributed by atoms with Crippen molar-refractivity contribution in [3.05, 3.63) is 64.7 Å². The van der Waals surface area contributed by atoms with E-state index in [2.05, 4.69) is 31.3 Å². The molecule has 0 saturated carbocycles. The van der Waals surface area contributed by atoms with Gasteiger partial charge in [0.2, 0.25) is 0 Å². The Morgan fingerprint density at radius 3 is 2.40 bits per heavy atom. The number of carbonyl (C=O) groups excluding carboxylic acids is 1. The van der Waals surface area contributed by atoms with Crippen molar-refractivity contribution in [2.24, 2.45) is 0 Å². The highest BCUT2D eigenvalue weighted by Crippen LogP contribution is 2.25. The molecule has 2 rings (SSSR count). The largest absolute Gasteiger partial charge is 0.491 e. The van der Waals surface area contributed by atoms with E-state index < -0.39 is 0 Å². The standard InChI is InChI=1S/C21H28N2O2/c1-5-23(15-19-9-7-6-8-10-19)21(24)22-13-14-25-20-17(3)12-11-16(2)18(20)4/h6-12H,5,13-15H2,1-4H3,(H,22,24). The molecule has 0 unspecified atom stereocenters. The van der Waals surface area contributed by atoms with E-state index in [1.807, 2.05) is 44.2 Å². The van der Waals surface area contributed by atoms with Crippen molar-refractivity contribution in [1.82, 2.24) is 10.2 Å². The van der Waals surface area contributed by atoms with E-state index in [1.54, 1.807) is 4.90 Å². The highest BCUT2D eigenvalue weighted by molar-refractivity contribution is 5.74. The maximum absolute atomic E-state index is 12.3. The number of hydrogen-bond acceptors (Lipinski definition) is 2. The lowest BCUT2D eigenvalue weighted by Crippen LogP contribution is -2.41. The van der Waals surface area contributed by atoms with Gasteiger partial charge in [0.05, 0.1) is 6.54 Å². The maximum Gasteiger partial charge on any atom is 0.317 e. The zero-order chi connectivity index (χ0) is 18.2. The molecule has 0 bridgehead atoms. The van der Waals surface area contributed by atoms with E-state index in [1.165, 1.54) is 5.56 Å². The van der Waals surface area contributed by atoms with Gasteiger partial charge in [-0.25, -0.2) is 4.79 Å². The Morgan fingerprint density at radius 2 is 1.72 bits per heavy atom. The van der Waals surface area contributed by atoms with Crippen LogP contribution in [0.1, 0.15) is 29.2 Å². The fourth-order valence-electron chi connectivity index (χ4n) is 2.70. The molecule has 0 aliphatic heterocycles. The van der Waals surface area contributed by atoms with Gasteiger partial charge < -0.3 is 15.0 Å². The van der Waals surface area contributed by atoms with Gasteiger partial charge in [-0.1, -0.05) is 42.5 Å². The molecule has 1 N–H and O–H groups in total. The van der Waals surface area contributed by atoms with Gasteiger partial charge in [-0.05, 0) is 49.9 Å². The summed E-state index contributed by atoms with van der Waals surface area (Å²) in [6.45, 7) is 10.4. The first-order valence-electron chi connectivity index (χ1n) is 8.79. The summed E-state index contributed by atoms with van der Waals surface area (Å²) in [7, 11) is 0. The summed E-state index contributed by atoms with van der Waals surface area (Å²) in [4.78, 5) is 14.1. The van der Waals surface area contributed by atoms with Crippen molar-refractivity contribution in [2.45, 2.75) is 34.2 Å². The first-order valence-corrected chi connectivity index (χ1v) is 8.79. The molecule has 0 atom stereocenters. The van der Waals surface area contributed by atoms with Gasteiger partial charge in [-0.2, -0.15) is 0 Å². The molecule has 4 nitrogen and oxygen atoms in total. The lowest BCUT2D eigenvalue weighted by molar-refractivity contribution is 0.195. The Labute approximate surface area is 150 Å². The Morgan fingerprint density at radius 1 is 1.04 bits per heavy atom. The molecule has 4 heteroatoms. The molecular formula is C21H28N2O2. The van der Waals surface area contributed by atoms with Crippen LogP contribution in [0.25, 0.3) is 0 Å². The van der Waals surface area contributed by atoms with Gasteiger partial charge in [0.25, 0.3) is 0 Å². The number of urea groups is 1. The van der Waals surface area contributed by atoms with Gasteiger partial charge in [0.1, 0.15) is 12.4 Å². The van der Waals surface area contributed by atoms with E-state index in [9.17, 15) is 4.79 Å². The van der Waals surface area contributed by atoms with Gasteiger partial charge in [-0.15, -0.1) is 0 Å². The summed E-state index contributed by atoms with van der Waals surface area (Å²) >= 11 is 0. The number of amides is 2. The predicted octanol–water partition coefficient (Wildman–Crippen LogP) is 4.22. The lowest BCUT2D eigenvalue weighted by atomic mass is 10.1. The molecule has 0 heterocycles. The number of carbonyl (C=O) groups is 1. The van der Waals surface area contributed by atoms with Crippen LogP contribution in [-0.4, -0.2) is 30.6 Å². The van der Waals surface area contributed by atoms with E-state index in [4.69, 9.17) is 4.74 Å². The second-order valence-electron chi connectivity index (χ2n) is 6.23. The van der Waals surface area contributed by atoms with Gasteiger partial charge in [-0.3, -0.25) is 0 Å². The van der Waals surface area contributed by atoms with Crippen LogP contribution in [0.5, 0.6) is 5.75 Å². The predicted molar refractivity (Wildman–Crippen MR) is 102 cm³/mol. The number of nitrogens with one attached hydrogen (secondary N) is 1. The third kappa shape index (κ3) is 5.24. The summed E-state index contributed by atoms with van der Waals surface area (Å²) in [6, 6.07) is 14.1. The fourth-order valence-corrected chi connectivity index (χ4v) is 2.70. The molecular weight excluding hydrogens is 312 g/mol. The van der Waals surface area contributed by atoms with Crippen molar-refractivity contribution in [2.75, 3.05) is 19.7 Å². The molecule has 2 aromatic rings. The van der Waals surface area contributed by atoms with Crippen LogP contribution < -0.4 is 10.1 Å². The molecule has 0 saturated heterocycles. The average molecular weight is 340 g/mol. The van der Waals surface area contributed by atoms with Gasteiger partial charge >= 0.3 is 6.03 Å². The minimum absolute atomic E-state index is 0.0624. The molecule has 0 aliphatic carbocycles. The van der Waals surface area contributed by atoms with Crippen LogP contribution in [0.3, 0.4) is 0 Å². The monoisotopic (exact) mass is 340 g/mol. The Kier molecular flexibility index (Phi) is 6.87. The Bertz CT molecular complexity index is 699. The van der Waals surface area contributed by atoms with E-state index in [0.717, 1.165) is 22.4 Å². The normalized spacial score (nSPS) is 10.4. The van der Waals surface area contributed by atoms with Crippen LogP contribution in [0.2, 0.25) is 0 Å². The molecule has 0 radical (unpaired) electrons. The topological polar surface area (TPSA) is 41.6 Å². The van der Waals surface area contributed by atoms with Crippen molar-refractivity contribution in [1.29, 1.82) is 0 Å². The number of ether oxygens (including phenoxy) is 1. The minimum Gasteiger partial charge on any atom is -0.491 e. The van der Waals surface area contributed by atoms with E-state index >= 15 is 0 Å². The first-order chi connectivity index (χ1) is 12.0. The van der Waals surface area contributed by atoms with Crippen molar-refractivity contribution >= 4 is 6.03 Å². The summed E-state index contributed by atoms with van der Waals surface area (Å²) < 4.78 is 5.90. The van der Waals surface area contributed by atoms with Crippen LogP contribution in [-0.2, 0) is 6.54 Å². The van der Waals surface area contributed by atoms with Gasteiger partial charge in [0.15, 0.2) is 0 Å². The third-order valence-electron chi connectivity index (χ3n) is 4.38. The highest BCUT2D eigenvalue weighted by Gasteiger charge is 2.12. The quantitative estimate of drug-likeness (QED) is 0.767. The highest BCUT2D eigenvalue weighted by atomic mass is 16.5. The smallest absolute Gasteiger partial charge is 0.317 e. The summed E-state index contributed by atoms with van der Waals surface area (Å²) in [5.74, 6) is 0.922. The number of hydrogen-bond donors (Lipinski definition) is 1. The van der Waals surface area contributed by atoms with E-state index in [0.29, 0.717) is 26.2 Å². The zero-order valence-corrected chi connectivity index (χ0v) is 15.6.